The minimum Gasteiger partial charge on any atom is -0.324 e. The van der Waals surface area contributed by atoms with Crippen molar-refractivity contribution in [3.63, 3.8) is 0 Å². The molecule has 24 heavy (non-hydrogen) atoms. The average molecular weight is 331 g/mol. The van der Waals surface area contributed by atoms with Gasteiger partial charge >= 0.3 is 0 Å². The van der Waals surface area contributed by atoms with Crippen LogP contribution in [0.4, 0.5) is 0 Å². The molecule has 0 heterocycles. The van der Waals surface area contributed by atoms with E-state index in [1.807, 2.05) is 0 Å². The van der Waals surface area contributed by atoms with E-state index >= 15 is 0 Å². The maximum absolute atomic E-state index is 6.50. The van der Waals surface area contributed by atoms with Gasteiger partial charge in [-0.25, -0.2) is 5.26 Å². The number of nitrogens with two attached hydrogens (primary N) is 1. The highest BCUT2D eigenvalue weighted by molar-refractivity contribution is 5.20. The first-order chi connectivity index (χ1) is 11.6. The van der Waals surface area contributed by atoms with Crippen molar-refractivity contribution in [1.29, 1.82) is 5.26 Å². The molecule has 0 saturated heterocycles. The van der Waals surface area contributed by atoms with Crippen molar-refractivity contribution in [2.45, 2.75) is 91.0 Å². The molecule has 1 aromatic carbocycles. The molecule has 1 aromatic rings. The van der Waals surface area contributed by atoms with Gasteiger partial charge in [0.1, 0.15) is 0 Å². The van der Waals surface area contributed by atoms with Gasteiger partial charge < -0.3 is 5.73 Å². The number of hydrogen-bond donors (Lipinski definition) is 1. The highest BCUT2D eigenvalue weighted by atomic mass is 14.7. The molecule has 136 valence electrons. The van der Waals surface area contributed by atoms with Crippen LogP contribution < -0.4 is 5.73 Å². The van der Waals surface area contributed by atoms with Crippen molar-refractivity contribution in [1.82, 2.24) is 0 Å². The molecule has 1 unspecified atom stereocenters. The first kappa shape index (κ1) is 22.7. The van der Waals surface area contributed by atoms with Gasteiger partial charge in [-0.05, 0) is 17.4 Å². The Bertz CT molecular complexity index is 408. The molecule has 0 aromatic heterocycles. The number of nitriles is 1. The first-order valence-electron chi connectivity index (χ1n) is 9.64. The second-order valence-corrected chi connectivity index (χ2v) is 7.46. The molecule has 0 aliphatic carbocycles. The average Bonchev–Trinajstić information content (AvgIpc) is 2.62. The summed E-state index contributed by atoms with van der Waals surface area (Å²) in [5.74, 6) is 0. The molecule has 0 aliphatic heterocycles. The second kappa shape index (κ2) is 14.1. The predicted octanol–water partition coefficient (Wildman–Crippen LogP) is 6.77. The summed E-state index contributed by atoms with van der Waals surface area (Å²) < 4.78 is 0. The molecule has 0 bridgehead atoms. The van der Waals surface area contributed by atoms with E-state index in [1.54, 1.807) is 0 Å². The zero-order valence-corrected chi connectivity index (χ0v) is 16.1. The van der Waals surface area contributed by atoms with Gasteiger partial charge in [0.25, 0.3) is 0 Å². The van der Waals surface area contributed by atoms with Crippen molar-refractivity contribution >= 4 is 0 Å². The maximum Gasteiger partial charge on any atom is 0.0462 e. The number of rotatable bonds is 12. The van der Waals surface area contributed by atoms with E-state index in [4.69, 9.17) is 11.0 Å². The van der Waals surface area contributed by atoms with E-state index in [9.17, 15) is 0 Å². The molecule has 2 N–H and O–H groups in total. The summed E-state index contributed by atoms with van der Waals surface area (Å²) in [5.41, 5.74) is 7.93. The molecule has 0 saturated carbocycles. The van der Waals surface area contributed by atoms with Gasteiger partial charge in [-0.3, -0.25) is 0 Å². The van der Waals surface area contributed by atoms with Crippen molar-refractivity contribution in [2.75, 3.05) is 0 Å². The molecule has 2 nitrogen and oxygen atoms in total. The highest BCUT2D eigenvalue weighted by Crippen LogP contribution is 2.36. The third-order valence-electron chi connectivity index (χ3n) is 4.93. The number of nitrogens with zero attached hydrogens (tertiary/aromatic N) is 1. The maximum atomic E-state index is 6.50. The van der Waals surface area contributed by atoms with Crippen molar-refractivity contribution in [3.8, 4) is 6.57 Å². The smallest absolute Gasteiger partial charge is 0.0462 e. The second-order valence-electron chi connectivity index (χ2n) is 7.46. The Morgan fingerprint density at radius 1 is 0.875 bits per heavy atom. The molecule has 1 atom stereocenters. The van der Waals surface area contributed by atoms with Gasteiger partial charge in [-0.1, -0.05) is 109 Å². The standard InChI is InChI=1S/C21H37N.CHN/c1-4-5-6-7-8-9-10-11-15-18-21(2,3)20(22)19-16-13-12-14-17-19;1-2/h12-14,16-17,20H,4-11,15,18,22H2,1-3H3;1H. The monoisotopic (exact) mass is 330 g/mol. The summed E-state index contributed by atoms with van der Waals surface area (Å²) in [6.45, 7) is 10.4. The van der Waals surface area contributed by atoms with Gasteiger partial charge in [0, 0.05) is 12.6 Å². The molecule has 1 rings (SSSR count). The topological polar surface area (TPSA) is 49.8 Å². The van der Waals surface area contributed by atoms with E-state index in [1.165, 1.54) is 69.8 Å². The van der Waals surface area contributed by atoms with Gasteiger partial charge in [0.15, 0.2) is 0 Å². The summed E-state index contributed by atoms with van der Waals surface area (Å²) in [4.78, 5) is 0. The van der Waals surface area contributed by atoms with Gasteiger partial charge in [0.2, 0.25) is 0 Å². The fourth-order valence-electron chi connectivity index (χ4n) is 3.16. The minimum absolute atomic E-state index is 0.141. The van der Waals surface area contributed by atoms with Gasteiger partial charge in [-0.2, -0.15) is 0 Å². The minimum atomic E-state index is 0.141. The van der Waals surface area contributed by atoms with Crippen molar-refractivity contribution < 1.29 is 0 Å². The van der Waals surface area contributed by atoms with Crippen LogP contribution in [0.25, 0.3) is 0 Å². The molecule has 0 amide bonds. The Morgan fingerprint density at radius 2 is 1.33 bits per heavy atom. The Balaban J connectivity index is 0.00000254. The molecule has 2 heteroatoms. The van der Waals surface area contributed by atoms with E-state index in [0.29, 0.717) is 0 Å². The Hall–Kier alpha value is -1.33. The Morgan fingerprint density at radius 3 is 1.83 bits per heavy atom. The molecule has 0 spiro atoms. The normalized spacial score (nSPS) is 12.2. The van der Waals surface area contributed by atoms with Crippen LogP contribution in [0.1, 0.15) is 96.6 Å². The summed E-state index contributed by atoms with van der Waals surface area (Å²) in [5, 5.41) is 6.50. The van der Waals surface area contributed by atoms with E-state index in [2.05, 4.69) is 57.7 Å². The largest absolute Gasteiger partial charge is 0.324 e. The summed E-state index contributed by atoms with van der Waals surface area (Å²) >= 11 is 0. The number of hydrogen-bond acceptors (Lipinski definition) is 2. The lowest BCUT2D eigenvalue weighted by Crippen LogP contribution is -2.29. The predicted molar refractivity (Wildman–Crippen MR) is 106 cm³/mol. The lowest BCUT2D eigenvalue weighted by atomic mass is 9.77. The number of unbranched alkanes of at least 4 members (excludes halogenated alkanes) is 8. The SMILES string of the molecule is C#N.CCCCCCCCCCCC(C)(C)C(N)c1ccccc1. The fraction of sp³-hybridized carbons (Fsp3) is 0.682. The lowest BCUT2D eigenvalue weighted by molar-refractivity contribution is 0.255. The molecule has 0 aliphatic rings. The molecule has 0 radical (unpaired) electrons. The molecular weight excluding hydrogens is 292 g/mol. The van der Waals surface area contributed by atoms with E-state index in [0.717, 1.165) is 0 Å². The third kappa shape index (κ3) is 9.73. The van der Waals surface area contributed by atoms with Crippen LogP contribution >= 0.6 is 0 Å². The van der Waals surface area contributed by atoms with Crippen LogP contribution in [-0.4, -0.2) is 0 Å². The third-order valence-corrected chi connectivity index (χ3v) is 4.93. The molecule has 0 fully saturated rings. The first-order valence-corrected chi connectivity index (χ1v) is 9.64. The highest BCUT2D eigenvalue weighted by Gasteiger charge is 2.26. The van der Waals surface area contributed by atoms with Gasteiger partial charge in [0.05, 0.1) is 0 Å². The zero-order chi connectivity index (χ0) is 18.3. The van der Waals surface area contributed by atoms with Crippen molar-refractivity contribution in [2.24, 2.45) is 11.1 Å². The summed E-state index contributed by atoms with van der Waals surface area (Å²) in [6.07, 6.45) is 13.7. The van der Waals surface area contributed by atoms with Crippen LogP contribution in [0, 0.1) is 17.2 Å². The molecular formula is C22H38N2. The lowest BCUT2D eigenvalue weighted by Gasteiger charge is -2.32. The number of benzene rings is 1. The summed E-state index contributed by atoms with van der Waals surface area (Å²) in [6, 6.07) is 10.7. The quantitative estimate of drug-likeness (QED) is 0.430. The van der Waals surface area contributed by atoms with Crippen LogP contribution in [0.15, 0.2) is 30.3 Å². The van der Waals surface area contributed by atoms with Crippen molar-refractivity contribution in [3.05, 3.63) is 35.9 Å². The van der Waals surface area contributed by atoms with Crippen LogP contribution in [0.5, 0.6) is 0 Å². The zero-order valence-electron chi connectivity index (χ0n) is 16.1. The van der Waals surface area contributed by atoms with Gasteiger partial charge in [-0.15, -0.1) is 0 Å². The van der Waals surface area contributed by atoms with Crippen LogP contribution in [0.2, 0.25) is 0 Å². The Kier molecular flexibility index (Phi) is 13.3. The summed E-state index contributed by atoms with van der Waals surface area (Å²) in [7, 11) is 0. The Labute approximate surface area is 150 Å². The van der Waals surface area contributed by atoms with Crippen LogP contribution in [-0.2, 0) is 0 Å². The van der Waals surface area contributed by atoms with E-state index in [-0.39, 0.29) is 11.5 Å². The van der Waals surface area contributed by atoms with E-state index < -0.39 is 0 Å². The van der Waals surface area contributed by atoms with Crippen LogP contribution in [0.3, 0.4) is 0 Å². The fourth-order valence-corrected chi connectivity index (χ4v) is 3.16.